The fourth-order valence-corrected chi connectivity index (χ4v) is 1.87. The van der Waals surface area contributed by atoms with E-state index in [0.717, 1.165) is 12.0 Å². The number of carbonyl (C=O) groups is 1. The number of nitrogens with two attached hydrogens (primary N) is 1. The largest absolute Gasteiger partial charge is 0.493 e. The first-order valence-corrected chi connectivity index (χ1v) is 7.62. The van der Waals surface area contributed by atoms with Gasteiger partial charge in [-0.1, -0.05) is 13.0 Å². The highest BCUT2D eigenvalue weighted by Gasteiger charge is 2.04. The SMILES string of the molecule is CCCNC(=O)CCNC(N)=NCc1ccc(OC)c(OC)c1.I. The number of carbonyl (C=O) groups excluding carboxylic acids is 1. The number of ether oxygens (including phenoxy) is 2. The molecule has 0 unspecified atom stereocenters. The molecule has 0 aromatic heterocycles. The molecule has 0 radical (unpaired) electrons. The van der Waals surface area contributed by atoms with E-state index in [1.165, 1.54) is 0 Å². The van der Waals surface area contributed by atoms with Crippen LogP contribution >= 0.6 is 24.0 Å². The Balaban J connectivity index is 0.00000529. The minimum Gasteiger partial charge on any atom is -0.493 e. The van der Waals surface area contributed by atoms with Crippen LogP contribution in [0.4, 0.5) is 0 Å². The van der Waals surface area contributed by atoms with Crippen molar-refractivity contribution in [3.63, 3.8) is 0 Å². The monoisotopic (exact) mass is 450 g/mol. The highest BCUT2D eigenvalue weighted by Crippen LogP contribution is 2.27. The highest BCUT2D eigenvalue weighted by atomic mass is 127. The quantitative estimate of drug-likeness (QED) is 0.302. The average molecular weight is 450 g/mol. The number of benzene rings is 1. The third-order valence-corrected chi connectivity index (χ3v) is 3.11. The summed E-state index contributed by atoms with van der Waals surface area (Å²) >= 11 is 0. The molecule has 0 heterocycles. The van der Waals surface area contributed by atoms with E-state index >= 15 is 0 Å². The molecule has 0 spiro atoms. The lowest BCUT2D eigenvalue weighted by Crippen LogP contribution is -2.35. The minimum atomic E-state index is 0. The summed E-state index contributed by atoms with van der Waals surface area (Å²) in [5.74, 6) is 1.64. The fraction of sp³-hybridized carbons (Fsp3) is 0.500. The summed E-state index contributed by atoms with van der Waals surface area (Å²) in [6.07, 6.45) is 1.29. The van der Waals surface area contributed by atoms with Gasteiger partial charge < -0.3 is 25.8 Å². The summed E-state index contributed by atoms with van der Waals surface area (Å²) in [6, 6.07) is 5.58. The molecule has 0 saturated carbocycles. The predicted octanol–water partition coefficient (Wildman–Crippen LogP) is 1.64. The molecule has 1 amide bonds. The second-order valence-corrected chi connectivity index (χ2v) is 4.92. The van der Waals surface area contributed by atoms with Crippen molar-refractivity contribution in [2.45, 2.75) is 26.3 Å². The van der Waals surface area contributed by atoms with Gasteiger partial charge in [-0.15, -0.1) is 24.0 Å². The van der Waals surface area contributed by atoms with Gasteiger partial charge >= 0.3 is 0 Å². The number of nitrogens with zero attached hydrogens (tertiary/aromatic N) is 1. The zero-order valence-corrected chi connectivity index (χ0v) is 16.8. The molecule has 0 fully saturated rings. The van der Waals surface area contributed by atoms with Gasteiger partial charge in [-0.25, -0.2) is 4.99 Å². The zero-order valence-electron chi connectivity index (χ0n) is 14.4. The highest BCUT2D eigenvalue weighted by molar-refractivity contribution is 14.0. The van der Waals surface area contributed by atoms with Crippen molar-refractivity contribution < 1.29 is 14.3 Å². The summed E-state index contributed by atoms with van der Waals surface area (Å²) in [5.41, 5.74) is 6.74. The zero-order chi connectivity index (χ0) is 17.1. The molecule has 8 heteroatoms. The van der Waals surface area contributed by atoms with Crippen LogP contribution < -0.4 is 25.8 Å². The number of hydrogen-bond acceptors (Lipinski definition) is 4. The van der Waals surface area contributed by atoms with E-state index in [4.69, 9.17) is 15.2 Å². The van der Waals surface area contributed by atoms with E-state index in [2.05, 4.69) is 15.6 Å². The Morgan fingerprint density at radius 1 is 1.17 bits per heavy atom. The fourth-order valence-electron chi connectivity index (χ4n) is 1.87. The molecule has 0 atom stereocenters. The molecule has 1 rings (SSSR count). The van der Waals surface area contributed by atoms with Gasteiger partial charge in [0.2, 0.25) is 5.91 Å². The van der Waals surface area contributed by atoms with Gasteiger partial charge in [0.05, 0.1) is 20.8 Å². The summed E-state index contributed by atoms with van der Waals surface area (Å²) < 4.78 is 10.4. The van der Waals surface area contributed by atoms with Gasteiger partial charge in [-0.2, -0.15) is 0 Å². The Hall–Kier alpha value is -1.71. The van der Waals surface area contributed by atoms with E-state index in [1.807, 2.05) is 25.1 Å². The maximum atomic E-state index is 11.4. The molecule has 0 aliphatic rings. The van der Waals surface area contributed by atoms with Crippen LogP contribution in [-0.2, 0) is 11.3 Å². The van der Waals surface area contributed by atoms with Gasteiger partial charge in [0.1, 0.15) is 0 Å². The molecular formula is C16H27IN4O3. The first kappa shape index (κ1) is 22.3. The molecule has 0 aliphatic carbocycles. The van der Waals surface area contributed by atoms with Crippen molar-refractivity contribution in [2.24, 2.45) is 10.7 Å². The molecule has 0 saturated heterocycles. The third-order valence-electron chi connectivity index (χ3n) is 3.11. The molecule has 1 aromatic rings. The molecule has 24 heavy (non-hydrogen) atoms. The Morgan fingerprint density at radius 2 is 1.88 bits per heavy atom. The van der Waals surface area contributed by atoms with Crippen LogP contribution in [0.1, 0.15) is 25.3 Å². The third kappa shape index (κ3) is 8.23. The topological polar surface area (TPSA) is 98.0 Å². The number of methoxy groups -OCH3 is 2. The maximum absolute atomic E-state index is 11.4. The molecule has 0 aliphatic heterocycles. The normalized spacial score (nSPS) is 10.5. The number of amides is 1. The van der Waals surface area contributed by atoms with Crippen molar-refractivity contribution in [3.05, 3.63) is 23.8 Å². The van der Waals surface area contributed by atoms with Gasteiger partial charge in [0.25, 0.3) is 0 Å². The van der Waals surface area contributed by atoms with Crippen molar-refractivity contribution in [1.29, 1.82) is 0 Å². The second-order valence-electron chi connectivity index (χ2n) is 4.92. The lowest BCUT2D eigenvalue weighted by atomic mass is 10.2. The van der Waals surface area contributed by atoms with Gasteiger partial charge in [0, 0.05) is 19.5 Å². The Morgan fingerprint density at radius 3 is 2.50 bits per heavy atom. The van der Waals surface area contributed by atoms with Crippen LogP contribution in [0, 0.1) is 0 Å². The van der Waals surface area contributed by atoms with Crippen LogP contribution in [0.25, 0.3) is 0 Å². The standard InChI is InChI=1S/C16H26N4O3.HI/c1-4-8-18-15(21)7-9-19-16(17)20-11-12-5-6-13(22-2)14(10-12)23-3;/h5-6,10H,4,7-9,11H2,1-3H3,(H,18,21)(H3,17,19,20);1H. The Bertz CT molecular complexity index is 538. The second kappa shape index (κ2) is 12.7. The Labute approximate surface area is 160 Å². The minimum absolute atomic E-state index is 0. The molecule has 4 N–H and O–H groups in total. The molecule has 7 nitrogen and oxygen atoms in total. The number of hydrogen-bond donors (Lipinski definition) is 3. The van der Waals surface area contributed by atoms with Crippen molar-refractivity contribution in [3.8, 4) is 11.5 Å². The van der Waals surface area contributed by atoms with E-state index in [0.29, 0.717) is 43.5 Å². The van der Waals surface area contributed by atoms with Crippen LogP contribution in [0.5, 0.6) is 11.5 Å². The van der Waals surface area contributed by atoms with Gasteiger partial charge in [-0.05, 0) is 24.1 Å². The predicted molar refractivity (Wildman–Crippen MR) is 106 cm³/mol. The van der Waals surface area contributed by atoms with Crippen molar-refractivity contribution >= 4 is 35.8 Å². The first-order chi connectivity index (χ1) is 11.1. The van der Waals surface area contributed by atoms with E-state index in [9.17, 15) is 4.79 Å². The number of rotatable bonds is 9. The number of halogens is 1. The lowest BCUT2D eigenvalue weighted by Gasteiger charge is -2.09. The molecule has 1 aromatic carbocycles. The van der Waals surface area contributed by atoms with Crippen LogP contribution in [0.2, 0.25) is 0 Å². The maximum Gasteiger partial charge on any atom is 0.221 e. The van der Waals surface area contributed by atoms with Gasteiger partial charge in [0.15, 0.2) is 17.5 Å². The average Bonchev–Trinajstić information content (AvgIpc) is 2.57. The smallest absolute Gasteiger partial charge is 0.221 e. The number of nitrogens with one attached hydrogen (secondary N) is 2. The van der Waals surface area contributed by atoms with Gasteiger partial charge in [-0.3, -0.25) is 4.79 Å². The van der Waals surface area contributed by atoms with E-state index in [1.54, 1.807) is 14.2 Å². The number of aliphatic imine (C=N–C) groups is 1. The summed E-state index contributed by atoms with van der Waals surface area (Å²) in [6.45, 7) is 3.58. The summed E-state index contributed by atoms with van der Waals surface area (Å²) in [5, 5.41) is 5.72. The number of guanidine groups is 1. The van der Waals surface area contributed by atoms with Crippen LogP contribution in [0.3, 0.4) is 0 Å². The van der Waals surface area contributed by atoms with Crippen molar-refractivity contribution in [1.82, 2.24) is 10.6 Å². The summed E-state index contributed by atoms with van der Waals surface area (Å²) in [7, 11) is 3.18. The molecule has 0 bridgehead atoms. The van der Waals surface area contributed by atoms with E-state index in [-0.39, 0.29) is 29.9 Å². The van der Waals surface area contributed by atoms with Crippen LogP contribution in [0.15, 0.2) is 23.2 Å². The van der Waals surface area contributed by atoms with Crippen LogP contribution in [-0.4, -0.2) is 39.2 Å². The summed E-state index contributed by atoms with van der Waals surface area (Å²) in [4.78, 5) is 15.7. The first-order valence-electron chi connectivity index (χ1n) is 7.62. The van der Waals surface area contributed by atoms with Crippen molar-refractivity contribution in [2.75, 3.05) is 27.3 Å². The van der Waals surface area contributed by atoms with E-state index < -0.39 is 0 Å². The molecular weight excluding hydrogens is 423 g/mol. The Kier molecular flexibility index (Phi) is 11.8. The lowest BCUT2D eigenvalue weighted by molar-refractivity contribution is -0.120. The molecule has 136 valence electrons.